The number of benzene rings is 8. The average molecular weight is 658 g/mol. The molecule has 3 nitrogen and oxygen atoms in total. The lowest BCUT2D eigenvalue weighted by molar-refractivity contribution is 1.13. The maximum atomic E-state index is 9.04. The highest BCUT2D eigenvalue weighted by atomic mass is 15.0. The quantitative estimate of drug-likeness (QED) is 0.179. The van der Waals surface area contributed by atoms with Crippen molar-refractivity contribution in [2.75, 3.05) is 0 Å². The molecule has 51 heavy (non-hydrogen) atoms. The van der Waals surface area contributed by atoms with E-state index >= 15 is 0 Å². The highest BCUT2D eigenvalue weighted by molar-refractivity contribution is 6.13. The maximum absolute atomic E-state index is 9.04. The summed E-state index contributed by atoms with van der Waals surface area (Å²) in [5.74, 6) is 0. The van der Waals surface area contributed by atoms with Gasteiger partial charge in [0.15, 0.2) is 0 Å². The SMILES string of the molecule is [2H]c1c([2H])c([2H])c2c(c1[2H])c1c([2H])c([2H])c([2H])c([2H])c1n2-c1ccc2c(c1)c1ccccc1n2-c1cc(-c2ccccc2)cc(-n2c3ccccc3c3ccccc32)c1. The fourth-order valence-corrected chi connectivity index (χ4v) is 7.91. The van der Waals surface area contributed by atoms with Crippen molar-refractivity contribution in [3.63, 3.8) is 0 Å². The van der Waals surface area contributed by atoms with E-state index in [-0.39, 0.29) is 46.0 Å². The van der Waals surface area contributed by atoms with E-state index < -0.39 is 24.2 Å². The lowest BCUT2D eigenvalue weighted by atomic mass is 10.0. The van der Waals surface area contributed by atoms with E-state index in [0.717, 1.165) is 55.3 Å². The summed E-state index contributed by atoms with van der Waals surface area (Å²) in [4.78, 5) is 0. The molecule has 0 saturated carbocycles. The summed E-state index contributed by atoms with van der Waals surface area (Å²) in [7, 11) is 0. The third kappa shape index (κ3) is 4.12. The molecule has 0 radical (unpaired) electrons. The van der Waals surface area contributed by atoms with Gasteiger partial charge in [0.2, 0.25) is 0 Å². The molecule has 0 unspecified atom stereocenters. The highest BCUT2D eigenvalue weighted by Gasteiger charge is 2.19. The Morgan fingerprint density at radius 3 is 1.31 bits per heavy atom. The van der Waals surface area contributed by atoms with Crippen molar-refractivity contribution in [1.82, 2.24) is 13.7 Å². The van der Waals surface area contributed by atoms with Gasteiger partial charge >= 0.3 is 0 Å². The summed E-state index contributed by atoms with van der Waals surface area (Å²) in [6.45, 7) is 0. The summed E-state index contributed by atoms with van der Waals surface area (Å²) in [5, 5.41) is 4.24. The van der Waals surface area contributed by atoms with Gasteiger partial charge in [-0.2, -0.15) is 0 Å². The highest BCUT2D eigenvalue weighted by Crippen LogP contribution is 2.39. The average Bonchev–Trinajstić information content (AvgIpc) is 3.93. The van der Waals surface area contributed by atoms with Gasteiger partial charge in [0.25, 0.3) is 0 Å². The van der Waals surface area contributed by atoms with Crippen LogP contribution >= 0.6 is 0 Å². The topological polar surface area (TPSA) is 14.8 Å². The molecule has 0 atom stereocenters. The van der Waals surface area contributed by atoms with Gasteiger partial charge in [0.1, 0.15) is 0 Å². The normalized spacial score (nSPS) is 14.1. The van der Waals surface area contributed by atoms with E-state index in [1.54, 1.807) is 4.57 Å². The van der Waals surface area contributed by atoms with Crippen molar-refractivity contribution >= 4 is 65.4 Å². The Morgan fingerprint density at radius 1 is 0.294 bits per heavy atom. The van der Waals surface area contributed by atoms with E-state index in [1.165, 1.54) is 10.8 Å². The number of rotatable bonds is 4. The van der Waals surface area contributed by atoms with Gasteiger partial charge in [-0.15, -0.1) is 0 Å². The molecule has 11 rings (SSSR count). The number of fused-ring (bicyclic) bond motifs is 9. The first-order chi connectivity index (χ1) is 28.6. The fraction of sp³-hybridized carbons (Fsp3) is 0. The smallest absolute Gasteiger partial charge is 0.0645 e. The van der Waals surface area contributed by atoms with Gasteiger partial charge in [-0.1, -0.05) is 121 Å². The summed E-state index contributed by atoms with van der Waals surface area (Å²) < 4.78 is 76.1. The van der Waals surface area contributed by atoms with Crippen molar-refractivity contribution in [3.8, 4) is 28.2 Å². The van der Waals surface area contributed by atoms with Crippen LogP contribution in [0.3, 0.4) is 0 Å². The van der Waals surface area contributed by atoms with Gasteiger partial charge < -0.3 is 13.7 Å². The summed E-state index contributed by atoms with van der Waals surface area (Å²) in [5.41, 5.74) is 8.74. The van der Waals surface area contributed by atoms with E-state index in [0.29, 0.717) is 5.69 Å². The molecule has 0 N–H and O–H groups in total. The van der Waals surface area contributed by atoms with E-state index in [1.807, 2.05) is 48.5 Å². The van der Waals surface area contributed by atoms with E-state index in [2.05, 4.69) is 100 Å². The minimum atomic E-state index is -0.467. The van der Waals surface area contributed by atoms with Crippen LogP contribution in [-0.4, -0.2) is 13.7 Å². The van der Waals surface area contributed by atoms with Gasteiger partial charge in [0, 0.05) is 49.4 Å². The second kappa shape index (κ2) is 10.8. The molecule has 3 heteroatoms. The van der Waals surface area contributed by atoms with Crippen LogP contribution in [0.4, 0.5) is 0 Å². The third-order valence-electron chi connectivity index (χ3n) is 10.1. The first kappa shape index (κ1) is 21.3. The number of hydrogen-bond acceptors (Lipinski definition) is 0. The van der Waals surface area contributed by atoms with Gasteiger partial charge in [-0.25, -0.2) is 0 Å². The summed E-state index contributed by atoms with van der Waals surface area (Å²) in [6, 6.07) is 44.6. The zero-order valence-electron chi connectivity index (χ0n) is 35.1. The Balaban J connectivity index is 1.23. The van der Waals surface area contributed by atoms with Crippen LogP contribution in [0.25, 0.3) is 93.6 Å². The van der Waals surface area contributed by atoms with Crippen LogP contribution in [-0.2, 0) is 0 Å². The van der Waals surface area contributed by atoms with Gasteiger partial charge in [0.05, 0.1) is 44.1 Å². The summed E-state index contributed by atoms with van der Waals surface area (Å²) in [6.07, 6.45) is 0. The molecule has 0 saturated heterocycles. The molecule has 11 aromatic rings. The number of nitrogens with zero attached hydrogens (tertiary/aromatic N) is 3. The van der Waals surface area contributed by atoms with Crippen LogP contribution in [0.15, 0.2) is 188 Å². The Hall–Kier alpha value is -6.84. The van der Waals surface area contributed by atoms with Crippen LogP contribution in [0, 0.1) is 0 Å². The molecule has 0 aliphatic carbocycles. The molecule has 0 aliphatic rings. The monoisotopic (exact) mass is 657 g/mol. The zero-order valence-corrected chi connectivity index (χ0v) is 27.1. The van der Waals surface area contributed by atoms with E-state index in [9.17, 15) is 0 Å². The number of hydrogen-bond donors (Lipinski definition) is 0. The molecule has 3 aromatic heterocycles. The fourth-order valence-electron chi connectivity index (χ4n) is 7.91. The number of aromatic nitrogens is 3. The maximum Gasteiger partial charge on any atom is 0.0645 e. The third-order valence-corrected chi connectivity index (χ3v) is 10.1. The van der Waals surface area contributed by atoms with Gasteiger partial charge in [-0.3, -0.25) is 0 Å². The number of para-hydroxylation sites is 5. The van der Waals surface area contributed by atoms with Crippen molar-refractivity contribution in [3.05, 3.63) is 188 Å². The molecule has 0 fully saturated rings. The Kier molecular flexibility index (Phi) is 4.52. The first-order valence-corrected chi connectivity index (χ1v) is 16.9. The molecular weight excluding hydrogens is 619 g/mol. The largest absolute Gasteiger partial charge is 0.309 e. The second-order valence-electron chi connectivity index (χ2n) is 12.8. The van der Waals surface area contributed by atoms with Crippen molar-refractivity contribution in [2.24, 2.45) is 0 Å². The summed E-state index contributed by atoms with van der Waals surface area (Å²) >= 11 is 0. The van der Waals surface area contributed by atoms with Crippen LogP contribution in [0.1, 0.15) is 11.0 Å². The van der Waals surface area contributed by atoms with E-state index in [4.69, 9.17) is 11.0 Å². The van der Waals surface area contributed by atoms with Crippen LogP contribution in [0.2, 0.25) is 0 Å². The van der Waals surface area contributed by atoms with Gasteiger partial charge in [-0.05, 0) is 77.8 Å². The molecule has 0 amide bonds. The zero-order chi connectivity index (χ0) is 40.4. The Bertz CT molecular complexity index is 3470. The molecule has 0 bridgehead atoms. The molecular formula is C48H31N3. The van der Waals surface area contributed by atoms with Crippen molar-refractivity contribution < 1.29 is 11.0 Å². The lowest BCUT2D eigenvalue weighted by Crippen LogP contribution is -2.00. The molecule has 238 valence electrons. The molecule has 0 spiro atoms. The van der Waals surface area contributed by atoms with Crippen LogP contribution in [0.5, 0.6) is 0 Å². The van der Waals surface area contributed by atoms with Crippen LogP contribution < -0.4 is 0 Å². The predicted octanol–water partition coefficient (Wildman–Crippen LogP) is 12.6. The molecule has 8 aromatic carbocycles. The minimum Gasteiger partial charge on any atom is -0.309 e. The minimum absolute atomic E-state index is 0.0517. The standard InChI is InChI=1S/C48H31N3/c1-2-14-32(15-3-1)33-28-35(50-45-23-11-6-18-39(45)40-19-7-12-24-46(40)50)30-36(29-33)51-47-25-13-8-20-41(47)42-31-34(26-27-48(42)51)49-43-21-9-4-16-37(43)38-17-5-10-22-44(38)49/h1-31H/i4D,5D,9D,10D,16D,17D,21D,22D. The molecule has 3 heterocycles. The lowest BCUT2D eigenvalue weighted by Gasteiger charge is -2.16. The van der Waals surface area contributed by atoms with Crippen molar-refractivity contribution in [1.29, 1.82) is 0 Å². The molecule has 0 aliphatic heterocycles. The van der Waals surface area contributed by atoms with Crippen molar-refractivity contribution in [2.45, 2.75) is 0 Å². The Morgan fingerprint density at radius 2 is 0.745 bits per heavy atom. The predicted molar refractivity (Wildman–Crippen MR) is 215 cm³/mol. The Labute approximate surface area is 305 Å². The first-order valence-electron chi connectivity index (χ1n) is 20.9. The second-order valence-corrected chi connectivity index (χ2v) is 12.8.